The first-order valence-electron chi connectivity index (χ1n) is 5.05. The quantitative estimate of drug-likeness (QED) is 0.832. The standard InChI is InChI=1S/C10H13ClN2O2/c1-5(4-7(14)15)8-9(6-2-3-6)12-13-10(8)11/h5-6H,2-4H2,1H3,(H,12,13)(H,14,15). The predicted molar refractivity (Wildman–Crippen MR) is 56.2 cm³/mol. The Labute approximate surface area is 92.6 Å². The summed E-state index contributed by atoms with van der Waals surface area (Å²) in [4.78, 5) is 10.6. The van der Waals surface area contributed by atoms with Crippen molar-refractivity contribution < 1.29 is 9.90 Å². The zero-order chi connectivity index (χ0) is 11.0. The molecule has 0 aromatic carbocycles. The number of hydrogen-bond donors (Lipinski definition) is 2. The Morgan fingerprint density at radius 3 is 2.93 bits per heavy atom. The first-order valence-corrected chi connectivity index (χ1v) is 5.42. The first-order chi connectivity index (χ1) is 7.09. The molecule has 0 amide bonds. The van der Waals surface area contributed by atoms with Gasteiger partial charge in [0.2, 0.25) is 0 Å². The molecule has 0 bridgehead atoms. The summed E-state index contributed by atoms with van der Waals surface area (Å²) in [5, 5.41) is 16.0. The molecule has 0 radical (unpaired) electrons. The van der Waals surface area contributed by atoms with Crippen molar-refractivity contribution in [1.29, 1.82) is 0 Å². The fourth-order valence-corrected chi connectivity index (χ4v) is 2.19. The summed E-state index contributed by atoms with van der Waals surface area (Å²) in [6, 6.07) is 0. The van der Waals surface area contributed by atoms with Gasteiger partial charge in [-0.3, -0.25) is 9.89 Å². The van der Waals surface area contributed by atoms with E-state index in [9.17, 15) is 4.79 Å². The lowest BCUT2D eigenvalue weighted by Crippen LogP contribution is -2.04. The van der Waals surface area contributed by atoms with Crippen LogP contribution in [-0.4, -0.2) is 21.3 Å². The number of rotatable bonds is 4. The SMILES string of the molecule is CC(CC(=O)O)c1c(Cl)n[nH]c1C1CC1. The largest absolute Gasteiger partial charge is 0.481 e. The minimum atomic E-state index is -0.804. The molecule has 2 N–H and O–H groups in total. The average molecular weight is 229 g/mol. The Kier molecular flexibility index (Phi) is 2.69. The predicted octanol–water partition coefficient (Wildman–Crippen LogP) is 2.52. The number of carboxylic acid groups (broad SMARTS) is 1. The number of halogens is 1. The van der Waals surface area contributed by atoms with E-state index in [-0.39, 0.29) is 12.3 Å². The van der Waals surface area contributed by atoms with Gasteiger partial charge in [-0.1, -0.05) is 18.5 Å². The molecule has 0 aliphatic heterocycles. The molecule has 1 fully saturated rings. The maximum atomic E-state index is 10.6. The van der Waals surface area contributed by atoms with Crippen LogP contribution in [0.15, 0.2) is 0 Å². The van der Waals surface area contributed by atoms with Crippen LogP contribution >= 0.6 is 11.6 Å². The van der Waals surface area contributed by atoms with E-state index in [1.54, 1.807) is 0 Å². The number of aromatic amines is 1. The van der Waals surface area contributed by atoms with Crippen molar-refractivity contribution in [2.45, 2.75) is 38.0 Å². The van der Waals surface area contributed by atoms with Gasteiger partial charge in [0.05, 0.1) is 6.42 Å². The molecule has 5 heteroatoms. The van der Waals surface area contributed by atoms with Crippen LogP contribution < -0.4 is 0 Å². The van der Waals surface area contributed by atoms with Crippen molar-refractivity contribution in [2.75, 3.05) is 0 Å². The molecule has 1 aromatic heterocycles. The molecule has 82 valence electrons. The lowest BCUT2D eigenvalue weighted by Gasteiger charge is -2.09. The highest BCUT2D eigenvalue weighted by molar-refractivity contribution is 6.30. The zero-order valence-corrected chi connectivity index (χ0v) is 9.21. The molecule has 0 spiro atoms. The molecule has 1 atom stereocenters. The van der Waals surface area contributed by atoms with Gasteiger partial charge in [0, 0.05) is 17.2 Å². The van der Waals surface area contributed by atoms with E-state index in [0.717, 1.165) is 24.1 Å². The molecular formula is C10H13ClN2O2. The molecule has 1 aliphatic carbocycles. The van der Waals surface area contributed by atoms with Crippen LogP contribution in [0.4, 0.5) is 0 Å². The van der Waals surface area contributed by atoms with Gasteiger partial charge in [0.1, 0.15) is 0 Å². The lowest BCUT2D eigenvalue weighted by atomic mass is 9.97. The van der Waals surface area contributed by atoms with Gasteiger partial charge in [-0.15, -0.1) is 0 Å². The maximum absolute atomic E-state index is 10.6. The van der Waals surface area contributed by atoms with E-state index in [1.165, 1.54) is 0 Å². The van der Waals surface area contributed by atoms with Crippen LogP contribution in [0.1, 0.15) is 49.3 Å². The van der Waals surface area contributed by atoms with E-state index in [4.69, 9.17) is 16.7 Å². The fourth-order valence-electron chi connectivity index (χ4n) is 1.86. The summed E-state index contributed by atoms with van der Waals surface area (Å²) in [5.74, 6) is -0.373. The van der Waals surface area contributed by atoms with Crippen molar-refractivity contribution in [2.24, 2.45) is 0 Å². The van der Waals surface area contributed by atoms with Gasteiger partial charge < -0.3 is 5.11 Å². The Bertz CT molecular complexity index is 385. The second-order valence-corrected chi connectivity index (χ2v) is 4.47. The first kappa shape index (κ1) is 10.5. The van der Waals surface area contributed by atoms with Crippen LogP contribution in [0.2, 0.25) is 5.15 Å². The van der Waals surface area contributed by atoms with Gasteiger partial charge in [-0.05, 0) is 18.8 Å². The van der Waals surface area contributed by atoms with Crippen LogP contribution in [0, 0.1) is 0 Å². The summed E-state index contributed by atoms with van der Waals surface area (Å²) < 4.78 is 0. The molecule has 0 saturated heterocycles. The van der Waals surface area contributed by atoms with Crippen molar-refractivity contribution in [3.63, 3.8) is 0 Å². The molecule has 1 unspecified atom stereocenters. The van der Waals surface area contributed by atoms with Crippen molar-refractivity contribution in [1.82, 2.24) is 10.2 Å². The number of aromatic nitrogens is 2. The van der Waals surface area contributed by atoms with Crippen LogP contribution in [-0.2, 0) is 4.79 Å². The number of H-pyrrole nitrogens is 1. The number of aliphatic carboxylic acids is 1. The number of carboxylic acids is 1. The van der Waals surface area contributed by atoms with Crippen molar-refractivity contribution >= 4 is 17.6 Å². The molecule has 1 aromatic rings. The topological polar surface area (TPSA) is 66.0 Å². The average Bonchev–Trinajstić information content (AvgIpc) is 2.89. The van der Waals surface area contributed by atoms with Gasteiger partial charge in [-0.2, -0.15) is 5.10 Å². The minimum Gasteiger partial charge on any atom is -0.481 e. The zero-order valence-electron chi connectivity index (χ0n) is 8.46. The normalized spacial score (nSPS) is 17.7. The summed E-state index contributed by atoms with van der Waals surface area (Å²) in [5.41, 5.74) is 1.93. The summed E-state index contributed by atoms with van der Waals surface area (Å²) in [7, 11) is 0. The highest BCUT2D eigenvalue weighted by Gasteiger charge is 2.31. The van der Waals surface area contributed by atoms with Crippen molar-refractivity contribution in [3.05, 3.63) is 16.4 Å². The Morgan fingerprint density at radius 2 is 2.40 bits per heavy atom. The van der Waals surface area contributed by atoms with Gasteiger partial charge in [-0.25, -0.2) is 0 Å². The number of carbonyl (C=O) groups is 1. The highest BCUT2D eigenvalue weighted by atomic mass is 35.5. The number of hydrogen-bond acceptors (Lipinski definition) is 2. The van der Waals surface area contributed by atoms with Gasteiger partial charge >= 0.3 is 5.97 Å². The maximum Gasteiger partial charge on any atom is 0.303 e. The summed E-state index contributed by atoms with van der Waals surface area (Å²) in [6.07, 6.45) is 2.38. The van der Waals surface area contributed by atoms with Crippen LogP contribution in [0.3, 0.4) is 0 Å². The van der Waals surface area contributed by atoms with E-state index in [2.05, 4.69) is 10.2 Å². The molecule has 2 rings (SSSR count). The molecule has 1 heterocycles. The molecule has 1 aliphatic rings. The third kappa shape index (κ3) is 2.15. The van der Waals surface area contributed by atoms with Crippen LogP contribution in [0.5, 0.6) is 0 Å². The fraction of sp³-hybridized carbons (Fsp3) is 0.600. The van der Waals surface area contributed by atoms with Gasteiger partial charge in [0.25, 0.3) is 0 Å². The Hall–Kier alpha value is -1.03. The molecular weight excluding hydrogens is 216 g/mol. The molecule has 4 nitrogen and oxygen atoms in total. The van der Waals surface area contributed by atoms with Gasteiger partial charge in [0.15, 0.2) is 5.15 Å². The van der Waals surface area contributed by atoms with Crippen LogP contribution in [0.25, 0.3) is 0 Å². The highest BCUT2D eigenvalue weighted by Crippen LogP contribution is 2.44. The Morgan fingerprint density at radius 1 is 1.73 bits per heavy atom. The van der Waals surface area contributed by atoms with E-state index in [1.807, 2.05) is 6.92 Å². The van der Waals surface area contributed by atoms with E-state index >= 15 is 0 Å². The smallest absolute Gasteiger partial charge is 0.303 e. The van der Waals surface area contributed by atoms with E-state index < -0.39 is 5.97 Å². The number of nitrogens with zero attached hydrogens (tertiary/aromatic N) is 1. The monoisotopic (exact) mass is 228 g/mol. The summed E-state index contributed by atoms with van der Waals surface area (Å²) in [6.45, 7) is 1.87. The lowest BCUT2D eigenvalue weighted by molar-refractivity contribution is -0.137. The molecule has 15 heavy (non-hydrogen) atoms. The van der Waals surface area contributed by atoms with Crippen molar-refractivity contribution in [3.8, 4) is 0 Å². The second kappa shape index (κ2) is 3.85. The van der Waals surface area contributed by atoms with E-state index in [0.29, 0.717) is 11.1 Å². The third-order valence-corrected chi connectivity index (χ3v) is 3.03. The second-order valence-electron chi connectivity index (χ2n) is 4.11. The Balaban J connectivity index is 2.24. The molecule has 1 saturated carbocycles. The summed E-state index contributed by atoms with van der Waals surface area (Å²) >= 11 is 5.96. The third-order valence-electron chi connectivity index (χ3n) is 2.75. The number of nitrogens with one attached hydrogen (secondary N) is 1. The minimum absolute atomic E-state index is 0.0793.